The second kappa shape index (κ2) is 6.01. The molecule has 0 spiro atoms. The van der Waals surface area contributed by atoms with Crippen molar-refractivity contribution in [2.45, 2.75) is 13.0 Å². The van der Waals surface area contributed by atoms with E-state index in [1.54, 1.807) is 19.2 Å². The summed E-state index contributed by atoms with van der Waals surface area (Å²) in [6, 6.07) is 10.7. The number of carboxylic acid groups (broad SMARTS) is 1. The molecule has 2 aromatic rings. The second-order valence-corrected chi connectivity index (χ2v) is 4.20. The molecule has 2 N–H and O–H groups in total. The molecule has 0 aliphatic rings. The van der Waals surface area contributed by atoms with Crippen LogP contribution in [-0.4, -0.2) is 28.0 Å². The SMILES string of the molecule is COc1ccc(-c2ccc(=N)n(CCC(=O)O)n2)cc1. The van der Waals surface area contributed by atoms with E-state index in [0.717, 1.165) is 11.3 Å². The fourth-order valence-electron chi connectivity index (χ4n) is 1.75. The Hall–Kier alpha value is -2.63. The van der Waals surface area contributed by atoms with E-state index in [2.05, 4.69) is 5.10 Å². The number of aliphatic carboxylic acids is 1. The summed E-state index contributed by atoms with van der Waals surface area (Å²) in [5, 5.41) is 20.7. The number of benzene rings is 1. The molecule has 0 radical (unpaired) electrons. The molecule has 1 aromatic heterocycles. The van der Waals surface area contributed by atoms with E-state index in [4.69, 9.17) is 15.3 Å². The van der Waals surface area contributed by atoms with Crippen LogP contribution in [0.3, 0.4) is 0 Å². The van der Waals surface area contributed by atoms with Crippen LogP contribution in [0.15, 0.2) is 36.4 Å². The number of methoxy groups -OCH3 is 1. The smallest absolute Gasteiger partial charge is 0.305 e. The van der Waals surface area contributed by atoms with Gasteiger partial charge in [0.25, 0.3) is 0 Å². The third-order valence-electron chi connectivity index (χ3n) is 2.83. The first-order chi connectivity index (χ1) is 9.60. The summed E-state index contributed by atoms with van der Waals surface area (Å²) in [6.45, 7) is 0.179. The molecule has 2 rings (SSSR count). The van der Waals surface area contributed by atoms with Crippen LogP contribution in [0.1, 0.15) is 6.42 Å². The molecule has 0 amide bonds. The van der Waals surface area contributed by atoms with Crippen molar-refractivity contribution in [2.75, 3.05) is 7.11 Å². The number of carbonyl (C=O) groups is 1. The van der Waals surface area contributed by atoms with Gasteiger partial charge in [0.1, 0.15) is 11.2 Å². The van der Waals surface area contributed by atoms with Gasteiger partial charge in [-0.1, -0.05) is 0 Å². The van der Waals surface area contributed by atoms with Crippen LogP contribution in [0.25, 0.3) is 11.3 Å². The molecule has 104 valence electrons. The van der Waals surface area contributed by atoms with Crippen LogP contribution in [-0.2, 0) is 11.3 Å². The van der Waals surface area contributed by atoms with Gasteiger partial charge in [-0.25, -0.2) is 4.68 Å². The Morgan fingerprint density at radius 3 is 2.60 bits per heavy atom. The highest BCUT2D eigenvalue weighted by Crippen LogP contribution is 2.19. The summed E-state index contributed by atoms with van der Waals surface area (Å²) in [5.74, 6) is -0.154. The Kier molecular flexibility index (Phi) is 4.14. The highest BCUT2D eigenvalue weighted by molar-refractivity contribution is 5.66. The predicted octanol–water partition coefficient (Wildman–Crippen LogP) is 1.51. The van der Waals surface area contributed by atoms with Gasteiger partial charge >= 0.3 is 5.97 Å². The minimum absolute atomic E-state index is 0.0599. The Labute approximate surface area is 115 Å². The monoisotopic (exact) mass is 273 g/mol. The molecule has 0 saturated carbocycles. The number of nitrogens with one attached hydrogen (secondary N) is 1. The standard InChI is InChI=1S/C14H15N3O3/c1-20-11-4-2-10(3-5-11)12-6-7-13(15)17(16-12)9-8-14(18)19/h2-7,15H,8-9H2,1H3,(H,18,19). The van der Waals surface area contributed by atoms with Crippen molar-refractivity contribution in [3.8, 4) is 17.0 Å². The van der Waals surface area contributed by atoms with E-state index >= 15 is 0 Å². The number of hydrogen-bond acceptors (Lipinski definition) is 4. The average Bonchev–Trinajstić information content (AvgIpc) is 2.46. The van der Waals surface area contributed by atoms with Crippen molar-refractivity contribution >= 4 is 5.97 Å². The van der Waals surface area contributed by atoms with Crippen molar-refractivity contribution in [1.29, 1.82) is 5.41 Å². The summed E-state index contributed by atoms with van der Waals surface area (Å²) >= 11 is 0. The van der Waals surface area contributed by atoms with E-state index in [9.17, 15) is 4.79 Å². The van der Waals surface area contributed by atoms with Crippen LogP contribution in [0.2, 0.25) is 0 Å². The lowest BCUT2D eigenvalue weighted by Gasteiger charge is -2.07. The van der Waals surface area contributed by atoms with Gasteiger partial charge in [-0.2, -0.15) is 5.10 Å². The largest absolute Gasteiger partial charge is 0.497 e. The van der Waals surface area contributed by atoms with Crippen LogP contribution in [0.4, 0.5) is 0 Å². The molecule has 20 heavy (non-hydrogen) atoms. The van der Waals surface area contributed by atoms with Gasteiger partial charge in [-0.3, -0.25) is 10.2 Å². The minimum atomic E-state index is -0.909. The zero-order valence-corrected chi connectivity index (χ0v) is 11.0. The van der Waals surface area contributed by atoms with E-state index in [-0.39, 0.29) is 18.5 Å². The summed E-state index contributed by atoms with van der Waals surface area (Å²) in [4.78, 5) is 10.6. The first-order valence-corrected chi connectivity index (χ1v) is 6.09. The fraction of sp³-hybridized carbons (Fsp3) is 0.214. The molecule has 0 bridgehead atoms. The zero-order valence-electron chi connectivity index (χ0n) is 11.0. The first-order valence-electron chi connectivity index (χ1n) is 6.09. The van der Waals surface area contributed by atoms with Crippen LogP contribution >= 0.6 is 0 Å². The van der Waals surface area contributed by atoms with Gasteiger partial charge in [-0.05, 0) is 36.4 Å². The summed E-state index contributed by atoms with van der Waals surface area (Å²) in [6.07, 6.45) is -0.0599. The predicted molar refractivity (Wildman–Crippen MR) is 72.3 cm³/mol. The average molecular weight is 273 g/mol. The number of ether oxygens (including phenoxy) is 1. The van der Waals surface area contributed by atoms with Gasteiger partial charge in [0, 0.05) is 5.56 Å². The van der Waals surface area contributed by atoms with Gasteiger partial charge in [0.15, 0.2) is 0 Å². The third-order valence-corrected chi connectivity index (χ3v) is 2.83. The highest BCUT2D eigenvalue weighted by atomic mass is 16.5. The van der Waals surface area contributed by atoms with E-state index in [1.807, 2.05) is 24.3 Å². The molecule has 0 aliphatic heterocycles. The van der Waals surface area contributed by atoms with E-state index < -0.39 is 5.97 Å². The number of nitrogens with zero attached hydrogens (tertiary/aromatic N) is 2. The third kappa shape index (κ3) is 3.23. The van der Waals surface area contributed by atoms with Crippen LogP contribution < -0.4 is 10.2 Å². The molecule has 6 heteroatoms. The Bertz CT molecular complexity index is 662. The van der Waals surface area contributed by atoms with Gasteiger partial charge < -0.3 is 9.84 Å². The van der Waals surface area contributed by atoms with Gasteiger partial charge in [-0.15, -0.1) is 0 Å². The summed E-state index contributed by atoms with van der Waals surface area (Å²) < 4.78 is 6.47. The second-order valence-electron chi connectivity index (χ2n) is 4.20. The van der Waals surface area contributed by atoms with Crippen molar-refractivity contribution in [1.82, 2.24) is 9.78 Å². The maximum Gasteiger partial charge on any atom is 0.305 e. The summed E-state index contributed by atoms with van der Waals surface area (Å²) in [5.41, 5.74) is 1.76. The molecular weight excluding hydrogens is 258 g/mol. The normalized spacial score (nSPS) is 10.2. The molecule has 0 saturated heterocycles. The number of aromatic nitrogens is 2. The van der Waals surface area contributed by atoms with Crippen LogP contribution in [0, 0.1) is 5.41 Å². The lowest BCUT2D eigenvalue weighted by Crippen LogP contribution is -2.23. The number of carboxylic acids is 1. The first kappa shape index (κ1) is 13.8. The lowest BCUT2D eigenvalue weighted by molar-refractivity contribution is -0.137. The zero-order chi connectivity index (χ0) is 14.5. The molecule has 0 aliphatic carbocycles. The topological polar surface area (TPSA) is 88.2 Å². The number of hydrogen-bond donors (Lipinski definition) is 2. The maximum absolute atomic E-state index is 10.6. The summed E-state index contributed by atoms with van der Waals surface area (Å²) in [7, 11) is 1.60. The van der Waals surface area contributed by atoms with E-state index in [1.165, 1.54) is 4.68 Å². The molecule has 0 fully saturated rings. The number of rotatable bonds is 5. The van der Waals surface area contributed by atoms with Crippen LogP contribution in [0.5, 0.6) is 5.75 Å². The lowest BCUT2D eigenvalue weighted by atomic mass is 10.1. The molecule has 1 aromatic carbocycles. The van der Waals surface area contributed by atoms with Crippen molar-refractivity contribution in [3.05, 3.63) is 41.9 Å². The molecular formula is C14H15N3O3. The minimum Gasteiger partial charge on any atom is -0.497 e. The Balaban J connectivity index is 2.29. The Morgan fingerprint density at radius 2 is 2.00 bits per heavy atom. The van der Waals surface area contributed by atoms with Crippen molar-refractivity contribution < 1.29 is 14.6 Å². The fourth-order valence-corrected chi connectivity index (χ4v) is 1.75. The number of aryl methyl sites for hydroxylation is 1. The highest BCUT2D eigenvalue weighted by Gasteiger charge is 2.04. The molecule has 1 heterocycles. The molecule has 0 atom stereocenters. The molecule has 0 unspecified atom stereocenters. The molecule has 6 nitrogen and oxygen atoms in total. The van der Waals surface area contributed by atoms with Crippen molar-refractivity contribution in [2.24, 2.45) is 0 Å². The van der Waals surface area contributed by atoms with Gasteiger partial charge in [0.05, 0.1) is 25.8 Å². The maximum atomic E-state index is 10.6. The van der Waals surface area contributed by atoms with Gasteiger partial charge in [0.2, 0.25) is 0 Å². The Morgan fingerprint density at radius 1 is 1.30 bits per heavy atom. The quantitative estimate of drug-likeness (QED) is 0.864. The van der Waals surface area contributed by atoms with E-state index in [0.29, 0.717) is 5.69 Å². The van der Waals surface area contributed by atoms with Crippen molar-refractivity contribution in [3.63, 3.8) is 0 Å².